The predicted octanol–water partition coefficient (Wildman–Crippen LogP) is 0.869. The van der Waals surface area contributed by atoms with Crippen molar-refractivity contribution in [2.24, 2.45) is 0 Å². The number of ether oxygens (including phenoxy) is 2. The maximum absolute atomic E-state index is 5.74. The monoisotopic (exact) mass is 196 g/mol. The van der Waals surface area contributed by atoms with Gasteiger partial charge >= 0.3 is 0 Å². The minimum Gasteiger partial charge on any atom is -0.398 e. The van der Waals surface area contributed by atoms with Crippen molar-refractivity contribution >= 4 is 5.69 Å². The fraction of sp³-hybridized carbons (Fsp3) is 0.500. The summed E-state index contributed by atoms with van der Waals surface area (Å²) in [5, 5.41) is 0. The average Bonchev–Trinajstić information content (AvgIpc) is 2.20. The van der Waals surface area contributed by atoms with E-state index in [4.69, 9.17) is 15.2 Å². The number of pyridine rings is 1. The standard InChI is InChI=1S/C10H16N2O2/c1-13-6-7-14-5-3-9-8-12-4-2-10(9)11/h2,4,8H,3,5-7H2,1H3,(H2,11,12). The number of aromatic nitrogens is 1. The van der Waals surface area contributed by atoms with Crippen LogP contribution in [0.25, 0.3) is 0 Å². The van der Waals surface area contributed by atoms with Crippen molar-refractivity contribution in [3.8, 4) is 0 Å². The van der Waals surface area contributed by atoms with Crippen molar-refractivity contribution in [2.75, 3.05) is 32.7 Å². The number of rotatable bonds is 6. The number of hydrogen-bond acceptors (Lipinski definition) is 4. The van der Waals surface area contributed by atoms with Gasteiger partial charge in [-0.05, 0) is 18.1 Å². The summed E-state index contributed by atoms with van der Waals surface area (Å²) in [5.74, 6) is 0. The molecule has 1 aromatic rings. The van der Waals surface area contributed by atoms with Crippen LogP contribution in [0.2, 0.25) is 0 Å². The van der Waals surface area contributed by atoms with Crippen LogP contribution in [-0.4, -0.2) is 31.9 Å². The molecular weight excluding hydrogens is 180 g/mol. The van der Waals surface area contributed by atoms with Gasteiger partial charge < -0.3 is 15.2 Å². The van der Waals surface area contributed by atoms with Crippen LogP contribution in [0.1, 0.15) is 5.56 Å². The molecule has 1 aromatic heterocycles. The molecule has 2 N–H and O–H groups in total. The summed E-state index contributed by atoms with van der Waals surface area (Å²) in [5.41, 5.74) is 7.55. The number of nitrogen functional groups attached to an aromatic ring is 1. The van der Waals surface area contributed by atoms with E-state index in [0.717, 1.165) is 17.7 Å². The van der Waals surface area contributed by atoms with Gasteiger partial charge in [-0.2, -0.15) is 0 Å². The number of hydrogen-bond donors (Lipinski definition) is 1. The molecule has 0 bridgehead atoms. The largest absolute Gasteiger partial charge is 0.398 e. The van der Waals surface area contributed by atoms with Gasteiger partial charge in [0.15, 0.2) is 0 Å². The van der Waals surface area contributed by atoms with Gasteiger partial charge in [0.1, 0.15) is 0 Å². The molecule has 0 spiro atoms. The minimum absolute atomic E-state index is 0.622. The van der Waals surface area contributed by atoms with Crippen LogP contribution in [-0.2, 0) is 15.9 Å². The van der Waals surface area contributed by atoms with Crippen molar-refractivity contribution in [1.29, 1.82) is 0 Å². The van der Waals surface area contributed by atoms with Gasteiger partial charge in [0.25, 0.3) is 0 Å². The molecule has 0 saturated heterocycles. The molecule has 4 heteroatoms. The molecule has 0 fully saturated rings. The van der Waals surface area contributed by atoms with Gasteiger partial charge in [-0.15, -0.1) is 0 Å². The first kappa shape index (κ1) is 10.9. The zero-order chi connectivity index (χ0) is 10.2. The Hall–Kier alpha value is -1.13. The lowest BCUT2D eigenvalue weighted by molar-refractivity contribution is 0.0723. The molecule has 78 valence electrons. The molecule has 0 radical (unpaired) electrons. The maximum atomic E-state index is 5.74. The van der Waals surface area contributed by atoms with Crippen LogP contribution < -0.4 is 5.73 Å². The fourth-order valence-electron chi connectivity index (χ4n) is 1.07. The molecule has 1 rings (SSSR count). The summed E-state index contributed by atoms with van der Waals surface area (Å²) in [4.78, 5) is 4.00. The topological polar surface area (TPSA) is 57.4 Å². The van der Waals surface area contributed by atoms with Crippen LogP contribution in [0.5, 0.6) is 0 Å². The van der Waals surface area contributed by atoms with E-state index in [1.54, 1.807) is 25.6 Å². The molecule has 0 aliphatic heterocycles. The van der Waals surface area contributed by atoms with Gasteiger partial charge in [-0.3, -0.25) is 4.98 Å². The molecule has 0 aliphatic carbocycles. The highest BCUT2D eigenvalue weighted by molar-refractivity contribution is 5.44. The van der Waals surface area contributed by atoms with E-state index in [-0.39, 0.29) is 0 Å². The molecule has 0 aliphatic rings. The Kier molecular flexibility index (Phi) is 4.96. The second-order valence-corrected chi connectivity index (χ2v) is 2.93. The number of nitrogens with two attached hydrogens (primary N) is 1. The van der Waals surface area contributed by atoms with Gasteiger partial charge in [-0.25, -0.2) is 0 Å². The zero-order valence-corrected chi connectivity index (χ0v) is 8.40. The van der Waals surface area contributed by atoms with Crippen molar-refractivity contribution in [3.05, 3.63) is 24.0 Å². The summed E-state index contributed by atoms with van der Waals surface area (Å²) in [6, 6.07) is 1.80. The van der Waals surface area contributed by atoms with Crippen LogP contribution in [0.15, 0.2) is 18.5 Å². The van der Waals surface area contributed by atoms with Crippen molar-refractivity contribution < 1.29 is 9.47 Å². The lowest BCUT2D eigenvalue weighted by atomic mass is 10.2. The number of nitrogens with zero attached hydrogens (tertiary/aromatic N) is 1. The zero-order valence-electron chi connectivity index (χ0n) is 8.40. The quantitative estimate of drug-likeness (QED) is 0.686. The van der Waals surface area contributed by atoms with E-state index < -0.39 is 0 Å². The number of anilines is 1. The molecule has 0 unspecified atom stereocenters. The third-order valence-corrected chi connectivity index (χ3v) is 1.89. The smallest absolute Gasteiger partial charge is 0.0700 e. The molecule has 4 nitrogen and oxygen atoms in total. The first-order chi connectivity index (χ1) is 6.84. The summed E-state index contributed by atoms with van der Waals surface area (Å²) >= 11 is 0. The summed E-state index contributed by atoms with van der Waals surface area (Å²) in [6.07, 6.45) is 4.25. The van der Waals surface area contributed by atoms with E-state index in [0.29, 0.717) is 19.8 Å². The minimum atomic E-state index is 0.622. The Morgan fingerprint density at radius 2 is 2.21 bits per heavy atom. The first-order valence-electron chi connectivity index (χ1n) is 4.59. The molecule has 14 heavy (non-hydrogen) atoms. The highest BCUT2D eigenvalue weighted by atomic mass is 16.5. The Balaban J connectivity index is 2.21. The Morgan fingerprint density at radius 3 is 2.93 bits per heavy atom. The summed E-state index contributed by atoms with van der Waals surface area (Å²) < 4.78 is 10.2. The van der Waals surface area contributed by atoms with E-state index in [9.17, 15) is 0 Å². The van der Waals surface area contributed by atoms with Crippen molar-refractivity contribution in [3.63, 3.8) is 0 Å². The van der Waals surface area contributed by atoms with Crippen molar-refractivity contribution in [2.45, 2.75) is 6.42 Å². The second kappa shape index (κ2) is 6.34. The molecule has 0 aromatic carbocycles. The van der Waals surface area contributed by atoms with Crippen molar-refractivity contribution in [1.82, 2.24) is 4.98 Å². The average molecular weight is 196 g/mol. The van der Waals surface area contributed by atoms with E-state index in [1.165, 1.54) is 0 Å². The van der Waals surface area contributed by atoms with Crippen LogP contribution >= 0.6 is 0 Å². The Morgan fingerprint density at radius 1 is 1.36 bits per heavy atom. The molecule has 0 saturated carbocycles. The van der Waals surface area contributed by atoms with Gasteiger partial charge in [-0.1, -0.05) is 0 Å². The number of methoxy groups -OCH3 is 1. The Bertz CT molecular complexity index is 266. The SMILES string of the molecule is COCCOCCc1cnccc1N. The molecule has 0 amide bonds. The fourth-order valence-corrected chi connectivity index (χ4v) is 1.07. The normalized spacial score (nSPS) is 10.4. The molecule has 1 heterocycles. The summed E-state index contributed by atoms with van der Waals surface area (Å²) in [6.45, 7) is 1.90. The van der Waals surface area contributed by atoms with Gasteiger partial charge in [0.05, 0.1) is 19.8 Å². The van der Waals surface area contributed by atoms with E-state index in [2.05, 4.69) is 4.98 Å². The third-order valence-electron chi connectivity index (χ3n) is 1.89. The van der Waals surface area contributed by atoms with Gasteiger partial charge in [0, 0.05) is 25.2 Å². The second-order valence-electron chi connectivity index (χ2n) is 2.93. The highest BCUT2D eigenvalue weighted by Gasteiger charge is 1.97. The lowest BCUT2D eigenvalue weighted by Gasteiger charge is -2.05. The van der Waals surface area contributed by atoms with E-state index in [1.807, 2.05) is 0 Å². The predicted molar refractivity (Wildman–Crippen MR) is 55.0 cm³/mol. The third kappa shape index (κ3) is 3.72. The van der Waals surface area contributed by atoms with Gasteiger partial charge in [0.2, 0.25) is 0 Å². The summed E-state index contributed by atoms with van der Waals surface area (Å²) in [7, 11) is 1.66. The highest BCUT2D eigenvalue weighted by Crippen LogP contribution is 2.08. The molecule has 0 atom stereocenters. The Labute approximate surface area is 84.0 Å². The lowest BCUT2D eigenvalue weighted by Crippen LogP contribution is -2.06. The maximum Gasteiger partial charge on any atom is 0.0700 e. The van der Waals surface area contributed by atoms with Crippen LogP contribution in [0.4, 0.5) is 5.69 Å². The van der Waals surface area contributed by atoms with Crippen LogP contribution in [0, 0.1) is 0 Å². The molecular formula is C10H16N2O2. The first-order valence-corrected chi connectivity index (χ1v) is 4.59. The van der Waals surface area contributed by atoms with Crippen LogP contribution in [0.3, 0.4) is 0 Å². The van der Waals surface area contributed by atoms with E-state index >= 15 is 0 Å².